The molecule has 0 aliphatic carbocycles. The molecule has 0 heterocycles. The topological polar surface area (TPSA) is 24.9 Å². The Kier molecular flexibility index (Phi) is 6.30. The molecule has 4 nitrogen and oxygen atoms in total. The second-order valence-corrected chi connectivity index (χ2v) is 8.63. The van der Waals surface area contributed by atoms with Crippen molar-refractivity contribution in [1.82, 2.24) is 0 Å². The highest BCUT2D eigenvalue weighted by Crippen LogP contribution is 2.45. The van der Waals surface area contributed by atoms with Crippen molar-refractivity contribution < 1.29 is 9.47 Å². The molecule has 0 radical (unpaired) electrons. The molecule has 4 aromatic rings. The van der Waals surface area contributed by atoms with E-state index in [0.717, 1.165) is 44.6 Å². The van der Waals surface area contributed by atoms with Crippen molar-refractivity contribution in [2.45, 2.75) is 5.60 Å². The van der Waals surface area contributed by atoms with E-state index in [4.69, 9.17) is 9.47 Å². The van der Waals surface area contributed by atoms with Gasteiger partial charge < -0.3 is 19.3 Å². The summed E-state index contributed by atoms with van der Waals surface area (Å²) in [5.74, 6) is 0.852. The lowest BCUT2D eigenvalue weighted by atomic mass is 9.78. The van der Waals surface area contributed by atoms with Crippen molar-refractivity contribution in [3.63, 3.8) is 0 Å². The van der Waals surface area contributed by atoms with E-state index in [1.165, 1.54) is 0 Å². The largest absolute Gasteiger partial charge is 0.496 e. The standard InChI is InChI=1S/C29H32N2O2/c1-30(2)23-15-11-21(12-16-23)29(33-6,22-13-17-24(18-14-22)31(3)4)27-19-20-28(32-5)26-10-8-7-9-25(26)27/h7-20H,1-6H3. The molecule has 0 saturated carbocycles. The fraction of sp³-hybridized carbons (Fsp3) is 0.241. The van der Waals surface area contributed by atoms with E-state index in [1.54, 1.807) is 14.2 Å². The number of fused-ring (bicyclic) bond motifs is 1. The molecule has 0 bridgehead atoms. The van der Waals surface area contributed by atoms with Gasteiger partial charge in [-0.2, -0.15) is 0 Å². The Balaban J connectivity index is 2.04. The lowest BCUT2D eigenvalue weighted by molar-refractivity contribution is 0.0597. The summed E-state index contributed by atoms with van der Waals surface area (Å²) >= 11 is 0. The zero-order chi connectivity index (χ0) is 23.6. The van der Waals surface area contributed by atoms with Crippen LogP contribution in [0.1, 0.15) is 16.7 Å². The third kappa shape index (κ3) is 3.91. The molecule has 0 aliphatic heterocycles. The summed E-state index contributed by atoms with van der Waals surface area (Å²) in [4.78, 5) is 4.21. The van der Waals surface area contributed by atoms with Gasteiger partial charge >= 0.3 is 0 Å². The van der Waals surface area contributed by atoms with Gasteiger partial charge in [0.2, 0.25) is 0 Å². The van der Waals surface area contributed by atoms with E-state index >= 15 is 0 Å². The molecule has 0 aromatic heterocycles. The number of methoxy groups -OCH3 is 2. The number of benzene rings is 4. The summed E-state index contributed by atoms with van der Waals surface area (Å²) in [5.41, 5.74) is 4.72. The minimum Gasteiger partial charge on any atom is -0.496 e. The van der Waals surface area contributed by atoms with Crippen molar-refractivity contribution in [1.29, 1.82) is 0 Å². The Hall–Kier alpha value is -3.50. The third-order valence-corrected chi connectivity index (χ3v) is 6.37. The number of nitrogens with zero attached hydrogens (tertiary/aromatic N) is 2. The van der Waals surface area contributed by atoms with E-state index in [1.807, 2.05) is 12.1 Å². The smallest absolute Gasteiger partial charge is 0.143 e. The first kappa shape index (κ1) is 22.7. The molecule has 0 saturated heterocycles. The summed E-state index contributed by atoms with van der Waals surface area (Å²) in [7, 11) is 11.7. The zero-order valence-corrected chi connectivity index (χ0v) is 20.3. The van der Waals surface area contributed by atoms with E-state index < -0.39 is 5.60 Å². The van der Waals surface area contributed by atoms with Crippen LogP contribution in [0.4, 0.5) is 11.4 Å². The summed E-state index contributed by atoms with van der Waals surface area (Å²) in [6.07, 6.45) is 0. The summed E-state index contributed by atoms with van der Waals surface area (Å²) in [5, 5.41) is 2.17. The first-order chi connectivity index (χ1) is 15.9. The average molecular weight is 441 g/mol. The summed E-state index contributed by atoms with van der Waals surface area (Å²) in [6.45, 7) is 0. The quantitative estimate of drug-likeness (QED) is 0.333. The van der Waals surface area contributed by atoms with Gasteiger partial charge in [-0.1, -0.05) is 54.6 Å². The number of hydrogen-bond acceptors (Lipinski definition) is 4. The molecule has 4 rings (SSSR count). The van der Waals surface area contributed by atoms with Crippen molar-refractivity contribution >= 4 is 22.1 Å². The third-order valence-electron chi connectivity index (χ3n) is 6.37. The average Bonchev–Trinajstić information content (AvgIpc) is 2.85. The molecular weight excluding hydrogens is 408 g/mol. The molecule has 0 atom stereocenters. The lowest BCUT2D eigenvalue weighted by Gasteiger charge is -2.36. The van der Waals surface area contributed by atoms with Crippen LogP contribution < -0.4 is 14.5 Å². The molecule has 0 amide bonds. The predicted molar refractivity (Wildman–Crippen MR) is 139 cm³/mol. The summed E-state index contributed by atoms with van der Waals surface area (Å²) in [6, 6.07) is 29.7. The van der Waals surface area contributed by atoms with E-state index in [9.17, 15) is 0 Å². The number of rotatable bonds is 7. The van der Waals surface area contributed by atoms with Crippen LogP contribution in [-0.2, 0) is 10.3 Å². The number of ether oxygens (including phenoxy) is 2. The lowest BCUT2D eigenvalue weighted by Crippen LogP contribution is -2.32. The van der Waals surface area contributed by atoms with Gasteiger partial charge in [0.25, 0.3) is 0 Å². The van der Waals surface area contributed by atoms with Crippen LogP contribution in [0.2, 0.25) is 0 Å². The maximum atomic E-state index is 6.51. The monoisotopic (exact) mass is 440 g/mol. The first-order valence-electron chi connectivity index (χ1n) is 11.1. The maximum Gasteiger partial charge on any atom is 0.143 e. The Morgan fingerprint density at radius 2 is 1.06 bits per heavy atom. The predicted octanol–water partition coefficient (Wildman–Crippen LogP) is 5.92. The minimum absolute atomic E-state index is 0.790. The van der Waals surface area contributed by atoms with Crippen molar-refractivity contribution in [3.05, 3.63) is 102 Å². The second kappa shape index (κ2) is 9.16. The fourth-order valence-electron chi connectivity index (χ4n) is 4.57. The van der Waals surface area contributed by atoms with Crippen LogP contribution in [0.3, 0.4) is 0 Å². The molecule has 0 fully saturated rings. The van der Waals surface area contributed by atoms with Gasteiger partial charge in [0.1, 0.15) is 11.4 Å². The van der Waals surface area contributed by atoms with Crippen LogP contribution in [-0.4, -0.2) is 42.4 Å². The van der Waals surface area contributed by atoms with Gasteiger partial charge in [0, 0.05) is 57.6 Å². The summed E-state index contributed by atoms with van der Waals surface area (Å²) < 4.78 is 12.2. The van der Waals surface area contributed by atoms with Crippen LogP contribution >= 0.6 is 0 Å². The number of anilines is 2. The fourth-order valence-corrected chi connectivity index (χ4v) is 4.57. The maximum absolute atomic E-state index is 6.51. The highest BCUT2D eigenvalue weighted by molar-refractivity contribution is 5.92. The molecule has 0 aliphatic rings. The van der Waals surface area contributed by atoms with E-state index in [2.05, 4.69) is 111 Å². The van der Waals surface area contributed by atoms with Gasteiger partial charge in [-0.15, -0.1) is 0 Å². The molecule has 0 unspecified atom stereocenters. The SMILES string of the molecule is COc1ccc(C(OC)(c2ccc(N(C)C)cc2)c2ccc(N(C)C)cc2)c2ccccc12. The van der Waals surface area contributed by atoms with Crippen molar-refractivity contribution in [2.24, 2.45) is 0 Å². The normalized spacial score (nSPS) is 11.5. The minimum atomic E-state index is -0.790. The molecule has 0 N–H and O–H groups in total. The van der Waals surface area contributed by atoms with E-state index in [0.29, 0.717) is 0 Å². The Morgan fingerprint density at radius 3 is 1.48 bits per heavy atom. The van der Waals surface area contributed by atoms with Gasteiger partial charge in [0.05, 0.1) is 7.11 Å². The second-order valence-electron chi connectivity index (χ2n) is 8.63. The highest BCUT2D eigenvalue weighted by atomic mass is 16.5. The molecule has 4 aromatic carbocycles. The Bertz CT molecular complexity index is 1180. The van der Waals surface area contributed by atoms with Gasteiger partial charge in [-0.25, -0.2) is 0 Å². The number of hydrogen-bond donors (Lipinski definition) is 0. The highest BCUT2D eigenvalue weighted by Gasteiger charge is 2.38. The van der Waals surface area contributed by atoms with Gasteiger partial charge in [-0.3, -0.25) is 0 Å². The van der Waals surface area contributed by atoms with Crippen molar-refractivity contribution in [3.8, 4) is 5.75 Å². The van der Waals surface area contributed by atoms with Gasteiger partial charge in [-0.05, 0) is 46.8 Å². The molecule has 0 spiro atoms. The first-order valence-corrected chi connectivity index (χ1v) is 11.1. The zero-order valence-electron chi connectivity index (χ0n) is 20.3. The molecular formula is C29H32N2O2. The van der Waals surface area contributed by atoms with Crippen molar-refractivity contribution in [2.75, 3.05) is 52.2 Å². The molecule has 170 valence electrons. The van der Waals surface area contributed by atoms with Gasteiger partial charge in [0.15, 0.2) is 0 Å². The molecule has 4 heteroatoms. The van der Waals surface area contributed by atoms with Crippen LogP contribution in [0.5, 0.6) is 5.75 Å². The van der Waals surface area contributed by atoms with E-state index in [-0.39, 0.29) is 0 Å². The van der Waals surface area contributed by atoms with Crippen LogP contribution in [0.25, 0.3) is 10.8 Å². The van der Waals surface area contributed by atoms with Crippen LogP contribution in [0, 0.1) is 0 Å². The molecule has 33 heavy (non-hydrogen) atoms. The Labute approximate surface area is 197 Å². The van der Waals surface area contributed by atoms with Crippen LogP contribution in [0.15, 0.2) is 84.9 Å². The Morgan fingerprint density at radius 1 is 0.576 bits per heavy atom.